The molecule has 1 aliphatic heterocycles. The molecule has 6 heteroatoms. The predicted molar refractivity (Wildman–Crippen MR) is 81.9 cm³/mol. The summed E-state index contributed by atoms with van der Waals surface area (Å²) in [6.45, 7) is 6.28. The Bertz CT molecular complexity index is 380. The van der Waals surface area contributed by atoms with Crippen LogP contribution < -0.4 is 10.6 Å². The monoisotopic (exact) mass is 278 g/mol. The van der Waals surface area contributed by atoms with Gasteiger partial charge in [0.2, 0.25) is 0 Å². The Morgan fingerprint density at radius 3 is 2.55 bits per heavy atom. The fraction of sp³-hybridized carbons (Fsp3) is 0.714. The number of guanidine groups is 1. The van der Waals surface area contributed by atoms with Crippen molar-refractivity contribution < 1.29 is 0 Å². The zero-order valence-corrected chi connectivity index (χ0v) is 12.4. The van der Waals surface area contributed by atoms with Crippen LogP contribution in [-0.2, 0) is 6.54 Å². The molecule has 112 valence electrons. The standard InChI is InChI=1S/C14H26N6/c1-15-14(18-7-12-20-10-5-16-13-20)17-6-11-19-8-3-2-4-9-19/h5,10,13H,2-4,6-9,11-12H2,1H3,(H2,15,17,18). The second-order valence-corrected chi connectivity index (χ2v) is 5.13. The van der Waals surface area contributed by atoms with Gasteiger partial charge >= 0.3 is 0 Å². The number of likely N-dealkylation sites (tertiary alicyclic amines) is 1. The molecule has 1 aliphatic rings. The summed E-state index contributed by atoms with van der Waals surface area (Å²) in [6.07, 6.45) is 9.67. The summed E-state index contributed by atoms with van der Waals surface area (Å²) >= 11 is 0. The first-order valence-electron chi connectivity index (χ1n) is 7.51. The summed E-state index contributed by atoms with van der Waals surface area (Å²) in [4.78, 5) is 10.8. The van der Waals surface area contributed by atoms with Crippen LogP contribution in [0.1, 0.15) is 19.3 Å². The van der Waals surface area contributed by atoms with Crippen molar-refractivity contribution in [3.63, 3.8) is 0 Å². The molecule has 0 amide bonds. The van der Waals surface area contributed by atoms with E-state index in [0.717, 1.165) is 32.1 Å². The third-order valence-electron chi connectivity index (χ3n) is 3.61. The van der Waals surface area contributed by atoms with Crippen LogP contribution in [0.15, 0.2) is 23.7 Å². The van der Waals surface area contributed by atoms with E-state index in [9.17, 15) is 0 Å². The van der Waals surface area contributed by atoms with Gasteiger partial charge in [0.05, 0.1) is 6.33 Å². The van der Waals surface area contributed by atoms with Crippen LogP contribution in [0.2, 0.25) is 0 Å². The van der Waals surface area contributed by atoms with E-state index in [1.165, 1.54) is 32.4 Å². The van der Waals surface area contributed by atoms with Crippen molar-refractivity contribution in [2.24, 2.45) is 4.99 Å². The summed E-state index contributed by atoms with van der Waals surface area (Å²) in [6, 6.07) is 0. The van der Waals surface area contributed by atoms with Gasteiger partial charge in [-0.25, -0.2) is 4.98 Å². The minimum Gasteiger partial charge on any atom is -0.355 e. The van der Waals surface area contributed by atoms with Gasteiger partial charge in [0.15, 0.2) is 5.96 Å². The lowest BCUT2D eigenvalue weighted by Gasteiger charge is -2.26. The molecule has 1 aromatic heterocycles. The largest absolute Gasteiger partial charge is 0.355 e. The van der Waals surface area contributed by atoms with Crippen LogP contribution in [0.4, 0.5) is 0 Å². The predicted octanol–water partition coefficient (Wildman–Crippen LogP) is 0.534. The van der Waals surface area contributed by atoms with Crippen LogP contribution in [0.25, 0.3) is 0 Å². The Morgan fingerprint density at radius 2 is 1.90 bits per heavy atom. The second-order valence-electron chi connectivity index (χ2n) is 5.13. The zero-order valence-electron chi connectivity index (χ0n) is 12.4. The maximum atomic E-state index is 4.24. The quantitative estimate of drug-likeness (QED) is 0.589. The highest BCUT2D eigenvalue weighted by Crippen LogP contribution is 2.07. The molecule has 2 heterocycles. The molecule has 1 saturated heterocycles. The fourth-order valence-electron chi connectivity index (χ4n) is 2.46. The van der Waals surface area contributed by atoms with Gasteiger partial charge in [0.1, 0.15) is 0 Å². The number of piperidine rings is 1. The van der Waals surface area contributed by atoms with Crippen molar-refractivity contribution in [1.82, 2.24) is 25.1 Å². The summed E-state index contributed by atoms with van der Waals surface area (Å²) in [5.41, 5.74) is 0. The number of imidazole rings is 1. The van der Waals surface area contributed by atoms with Crippen molar-refractivity contribution in [3.05, 3.63) is 18.7 Å². The van der Waals surface area contributed by atoms with E-state index in [1.54, 1.807) is 6.20 Å². The zero-order chi connectivity index (χ0) is 14.0. The van der Waals surface area contributed by atoms with Crippen molar-refractivity contribution in [3.8, 4) is 0 Å². The van der Waals surface area contributed by atoms with Gasteiger partial charge in [-0.2, -0.15) is 0 Å². The number of aliphatic imine (C=N–C) groups is 1. The normalized spacial score (nSPS) is 17.1. The number of hydrogen-bond donors (Lipinski definition) is 2. The molecule has 0 radical (unpaired) electrons. The third-order valence-corrected chi connectivity index (χ3v) is 3.61. The first-order valence-corrected chi connectivity index (χ1v) is 7.51. The highest BCUT2D eigenvalue weighted by molar-refractivity contribution is 5.79. The van der Waals surface area contributed by atoms with Crippen LogP contribution in [0.5, 0.6) is 0 Å². The van der Waals surface area contributed by atoms with E-state index in [4.69, 9.17) is 0 Å². The topological polar surface area (TPSA) is 57.5 Å². The number of hydrogen-bond acceptors (Lipinski definition) is 3. The SMILES string of the molecule is CN=C(NCCN1CCCCC1)NCCn1ccnc1. The maximum absolute atomic E-state index is 4.24. The maximum Gasteiger partial charge on any atom is 0.191 e. The smallest absolute Gasteiger partial charge is 0.191 e. The van der Waals surface area contributed by atoms with E-state index >= 15 is 0 Å². The summed E-state index contributed by atoms with van der Waals surface area (Å²) < 4.78 is 2.05. The lowest BCUT2D eigenvalue weighted by molar-refractivity contribution is 0.232. The number of rotatable bonds is 6. The minimum absolute atomic E-state index is 0.847. The van der Waals surface area contributed by atoms with Crippen LogP contribution in [0, 0.1) is 0 Å². The molecule has 2 N–H and O–H groups in total. The Labute approximate surface area is 121 Å². The summed E-state index contributed by atoms with van der Waals surface area (Å²) in [5.74, 6) is 0.877. The molecule has 1 aromatic rings. The van der Waals surface area contributed by atoms with Crippen molar-refractivity contribution >= 4 is 5.96 Å². The molecule has 0 spiro atoms. The highest BCUT2D eigenvalue weighted by atomic mass is 15.2. The average Bonchev–Trinajstić information content (AvgIpc) is 3.00. The van der Waals surface area contributed by atoms with Crippen molar-refractivity contribution in [2.75, 3.05) is 39.8 Å². The minimum atomic E-state index is 0.847. The van der Waals surface area contributed by atoms with Crippen LogP contribution in [-0.4, -0.2) is 60.2 Å². The second kappa shape index (κ2) is 8.58. The molecule has 0 unspecified atom stereocenters. The van der Waals surface area contributed by atoms with Crippen LogP contribution in [0.3, 0.4) is 0 Å². The highest BCUT2D eigenvalue weighted by Gasteiger charge is 2.09. The molecule has 0 saturated carbocycles. The lowest BCUT2D eigenvalue weighted by atomic mass is 10.1. The molecule has 6 nitrogen and oxygen atoms in total. The van der Waals surface area contributed by atoms with E-state index in [-0.39, 0.29) is 0 Å². The van der Waals surface area contributed by atoms with Gasteiger partial charge in [-0.05, 0) is 25.9 Å². The molecule has 0 atom stereocenters. The van der Waals surface area contributed by atoms with Gasteiger partial charge in [-0.1, -0.05) is 6.42 Å². The van der Waals surface area contributed by atoms with E-state index < -0.39 is 0 Å². The molecule has 1 fully saturated rings. The Kier molecular flexibility index (Phi) is 6.37. The molecule has 20 heavy (non-hydrogen) atoms. The lowest BCUT2D eigenvalue weighted by Crippen LogP contribution is -2.43. The molecule has 0 bridgehead atoms. The van der Waals surface area contributed by atoms with Crippen molar-refractivity contribution in [2.45, 2.75) is 25.8 Å². The van der Waals surface area contributed by atoms with E-state index in [2.05, 4.69) is 25.5 Å². The third kappa shape index (κ3) is 5.21. The number of aromatic nitrogens is 2. The molecular weight excluding hydrogens is 252 g/mol. The molecule has 0 aromatic carbocycles. The van der Waals surface area contributed by atoms with Gasteiger partial charge in [0.25, 0.3) is 0 Å². The van der Waals surface area contributed by atoms with E-state index in [0.29, 0.717) is 0 Å². The summed E-state index contributed by atoms with van der Waals surface area (Å²) in [7, 11) is 1.81. The molecule has 2 rings (SSSR count). The Morgan fingerprint density at radius 1 is 1.15 bits per heavy atom. The van der Waals surface area contributed by atoms with Crippen molar-refractivity contribution in [1.29, 1.82) is 0 Å². The summed E-state index contributed by atoms with van der Waals surface area (Å²) in [5, 5.41) is 6.69. The Balaban J connectivity index is 1.57. The van der Waals surface area contributed by atoms with Gasteiger partial charge in [-0.3, -0.25) is 4.99 Å². The average molecular weight is 278 g/mol. The first kappa shape index (κ1) is 14.8. The van der Waals surface area contributed by atoms with E-state index in [1.807, 2.05) is 24.1 Å². The van der Waals surface area contributed by atoms with Crippen LogP contribution >= 0.6 is 0 Å². The fourth-order valence-corrected chi connectivity index (χ4v) is 2.46. The number of nitrogens with one attached hydrogen (secondary N) is 2. The molecular formula is C14H26N6. The van der Waals surface area contributed by atoms with Gasteiger partial charge in [-0.15, -0.1) is 0 Å². The number of nitrogens with zero attached hydrogens (tertiary/aromatic N) is 4. The van der Waals surface area contributed by atoms with Gasteiger partial charge in [0, 0.05) is 45.6 Å². The Hall–Kier alpha value is -1.56. The molecule has 0 aliphatic carbocycles. The van der Waals surface area contributed by atoms with Gasteiger partial charge < -0.3 is 20.1 Å². The first-order chi connectivity index (χ1) is 9.88.